The minimum atomic E-state index is 0. The van der Waals surface area contributed by atoms with Crippen LogP contribution in [0.3, 0.4) is 0 Å². The molecule has 0 unspecified atom stereocenters. The number of nitrogens with one attached hydrogen (secondary N) is 2. The molecule has 0 radical (unpaired) electrons. The van der Waals surface area contributed by atoms with Crippen molar-refractivity contribution in [1.29, 1.82) is 5.41 Å². The van der Waals surface area contributed by atoms with Crippen LogP contribution in [0.2, 0.25) is 0 Å². The summed E-state index contributed by atoms with van der Waals surface area (Å²) in [6.07, 6.45) is 0. The zero-order chi connectivity index (χ0) is 4.99. The fourth-order valence-electron chi connectivity index (χ4n) is 0.110. The number of halogens is 1. The topological polar surface area (TPSA) is 61.9 Å². The van der Waals surface area contributed by atoms with Crippen molar-refractivity contribution in [3.05, 3.63) is 0 Å². The van der Waals surface area contributed by atoms with Gasteiger partial charge < -0.3 is 5.73 Å². The third-order valence-corrected chi connectivity index (χ3v) is 0.636. The van der Waals surface area contributed by atoms with Gasteiger partial charge in [0.05, 0.1) is 0 Å². The molecule has 3 nitrogen and oxygen atoms in total. The van der Waals surface area contributed by atoms with Crippen LogP contribution in [-0.2, 0) is 0 Å². The number of nitrogens with two attached hydrogens (primary N) is 1. The molecule has 0 aromatic rings. The van der Waals surface area contributed by atoms with Gasteiger partial charge in [0.15, 0.2) is 5.17 Å². The second-order valence-electron chi connectivity index (χ2n) is 0.670. The van der Waals surface area contributed by atoms with Gasteiger partial charge in [0.2, 0.25) is 0 Å². The lowest BCUT2D eigenvalue weighted by molar-refractivity contribution is 1.31. The normalized spacial score (nSPS) is 7.00. The van der Waals surface area contributed by atoms with Gasteiger partial charge in [-0.1, -0.05) is 0 Å². The lowest BCUT2D eigenvalue weighted by atomic mass is 11.4. The molecule has 0 aliphatic heterocycles. The van der Waals surface area contributed by atoms with E-state index in [0.29, 0.717) is 0 Å². The van der Waals surface area contributed by atoms with E-state index in [-0.39, 0.29) is 29.1 Å². The van der Waals surface area contributed by atoms with Crippen LogP contribution in [0.25, 0.3) is 0 Å². The maximum atomic E-state index is 6.57. The summed E-state index contributed by atoms with van der Waals surface area (Å²) in [6, 6.07) is 0. The number of hydrogen-bond donors (Lipinski definition) is 3. The van der Waals surface area contributed by atoms with Crippen molar-refractivity contribution in [2.45, 2.75) is 0 Å². The minimum absolute atomic E-state index is 0. The van der Waals surface area contributed by atoms with E-state index in [9.17, 15) is 0 Å². The summed E-state index contributed by atoms with van der Waals surface area (Å²) in [7, 11) is 1.71. The van der Waals surface area contributed by atoms with E-state index < -0.39 is 0 Å². The third kappa shape index (κ3) is 10.7. The molecule has 0 atom stereocenters. The molecule has 0 rings (SSSR count). The van der Waals surface area contributed by atoms with Crippen LogP contribution in [0.15, 0.2) is 0 Å². The lowest BCUT2D eigenvalue weighted by Crippen LogP contribution is -2.09. The van der Waals surface area contributed by atoms with Gasteiger partial charge in [0.25, 0.3) is 0 Å². The van der Waals surface area contributed by atoms with E-state index in [1.807, 2.05) is 0 Å². The Morgan fingerprint density at radius 3 is 2.29 bits per heavy atom. The molecule has 0 saturated carbocycles. The van der Waals surface area contributed by atoms with E-state index in [1.165, 1.54) is 0 Å². The molecule has 5 heteroatoms. The first-order valence-electron chi connectivity index (χ1n) is 1.45. The lowest BCUT2D eigenvalue weighted by Gasteiger charge is -1.87. The molecule has 0 bridgehead atoms. The molecule has 44 valence electrons. The predicted molar refractivity (Wildman–Crippen MR) is 44.0 cm³/mol. The highest BCUT2D eigenvalue weighted by atomic mass is 127. The highest BCUT2D eigenvalue weighted by molar-refractivity contribution is 14.0. The summed E-state index contributed by atoms with van der Waals surface area (Å²) in [6.45, 7) is 0. The van der Waals surface area contributed by atoms with Gasteiger partial charge in [-0.15, -0.1) is 24.0 Å². The Morgan fingerprint density at radius 2 is 2.29 bits per heavy atom. The van der Waals surface area contributed by atoms with Crippen LogP contribution >= 0.6 is 35.9 Å². The molecule has 0 amide bonds. The minimum Gasteiger partial charge on any atom is -0.378 e. The standard InChI is InChI=1S/C2H7N3S.HI/c1-5-6-2(3)4;/h5H,1H3,(H3,3,4);1H. The summed E-state index contributed by atoms with van der Waals surface area (Å²) in [4.78, 5) is 0. The van der Waals surface area contributed by atoms with Crippen LogP contribution in [0.1, 0.15) is 0 Å². The van der Waals surface area contributed by atoms with Gasteiger partial charge >= 0.3 is 0 Å². The average molecular weight is 233 g/mol. The molecule has 0 spiro atoms. The van der Waals surface area contributed by atoms with Crippen molar-refractivity contribution in [2.24, 2.45) is 5.73 Å². The molecular weight excluding hydrogens is 225 g/mol. The highest BCUT2D eigenvalue weighted by Crippen LogP contribution is 1.82. The zero-order valence-electron chi connectivity index (χ0n) is 3.89. The van der Waals surface area contributed by atoms with Crippen LogP contribution in [0.4, 0.5) is 0 Å². The Hall–Kier alpha value is 0.510. The molecule has 0 fully saturated rings. The highest BCUT2D eigenvalue weighted by Gasteiger charge is 1.78. The van der Waals surface area contributed by atoms with Gasteiger partial charge in [0, 0.05) is 0 Å². The van der Waals surface area contributed by atoms with Crippen molar-refractivity contribution < 1.29 is 0 Å². The summed E-state index contributed by atoms with van der Waals surface area (Å²) in [5.74, 6) is 0. The van der Waals surface area contributed by atoms with Crippen molar-refractivity contribution in [2.75, 3.05) is 7.05 Å². The van der Waals surface area contributed by atoms with E-state index in [1.54, 1.807) is 7.05 Å². The molecule has 0 aromatic carbocycles. The van der Waals surface area contributed by atoms with Gasteiger partial charge in [-0.3, -0.25) is 10.1 Å². The van der Waals surface area contributed by atoms with Crippen LogP contribution in [0.5, 0.6) is 0 Å². The van der Waals surface area contributed by atoms with Crippen LogP contribution < -0.4 is 10.5 Å². The Balaban J connectivity index is 0. The monoisotopic (exact) mass is 233 g/mol. The van der Waals surface area contributed by atoms with Crippen molar-refractivity contribution >= 4 is 41.1 Å². The second-order valence-corrected chi connectivity index (χ2v) is 1.72. The Bertz CT molecular complexity index is 56.9. The fraction of sp³-hybridized carbons (Fsp3) is 0.500. The van der Waals surface area contributed by atoms with Crippen molar-refractivity contribution in [1.82, 2.24) is 4.72 Å². The quantitative estimate of drug-likeness (QED) is 0.265. The Labute approximate surface area is 64.1 Å². The first-order valence-corrected chi connectivity index (χ1v) is 2.26. The van der Waals surface area contributed by atoms with Gasteiger partial charge in [-0.25, -0.2) is 0 Å². The first kappa shape index (κ1) is 10.5. The maximum Gasteiger partial charge on any atom is 0.166 e. The molecule has 0 heterocycles. The van der Waals surface area contributed by atoms with Crippen LogP contribution in [0, 0.1) is 5.41 Å². The molecule has 7 heavy (non-hydrogen) atoms. The smallest absolute Gasteiger partial charge is 0.166 e. The predicted octanol–water partition coefficient (Wildman–Crippen LogP) is 0.365. The van der Waals surface area contributed by atoms with Crippen LogP contribution in [-0.4, -0.2) is 12.2 Å². The largest absolute Gasteiger partial charge is 0.378 e. The van der Waals surface area contributed by atoms with Crippen molar-refractivity contribution in [3.8, 4) is 0 Å². The molecule has 4 N–H and O–H groups in total. The summed E-state index contributed by atoms with van der Waals surface area (Å²) >= 11 is 1.10. The maximum absolute atomic E-state index is 6.57. The van der Waals surface area contributed by atoms with Gasteiger partial charge in [0.1, 0.15) is 0 Å². The molecule has 0 aliphatic rings. The first-order chi connectivity index (χ1) is 2.77. The average Bonchev–Trinajstić information content (AvgIpc) is 1.35. The van der Waals surface area contributed by atoms with E-state index in [0.717, 1.165) is 11.9 Å². The number of hydrogen-bond acceptors (Lipinski definition) is 3. The van der Waals surface area contributed by atoms with E-state index >= 15 is 0 Å². The zero-order valence-corrected chi connectivity index (χ0v) is 7.04. The Kier molecular flexibility index (Phi) is 9.75. The van der Waals surface area contributed by atoms with Gasteiger partial charge in [-0.2, -0.15) is 0 Å². The SMILES string of the molecule is CNSC(=N)N.I. The van der Waals surface area contributed by atoms with Crippen molar-refractivity contribution in [3.63, 3.8) is 0 Å². The van der Waals surface area contributed by atoms with E-state index in [2.05, 4.69) is 4.72 Å². The fourth-order valence-corrected chi connectivity index (χ4v) is 0.330. The molecular formula is C2H8IN3S. The summed E-state index contributed by atoms with van der Waals surface area (Å²) in [5.41, 5.74) is 4.89. The molecule has 0 aliphatic carbocycles. The Morgan fingerprint density at radius 1 is 1.86 bits per heavy atom. The summed E-state index contributed by atoms with van der Waals surface area (Å²) in [5, 5.41) is 6.67. The molecule has 0 aromatic heterocycles. The number of rotatable bonds is 1. The van der Waals surface area contributed by atoms with Gasteiger partial charge in [-0.05, 0) is 19.0 Å². The summed E-state index contributed by atoms with van der Waals surface area (Å²) < 4.78 is 2.63. The molecule has 0 saturated heterocycles. The third-order valence-electron chi connectivity index (χ3n) is 0.212. The second kappa shape index (κ2) is 6.51. The van der Waals surface area contributed by atoms with E-state index in [4.69, 9.17) is 11.1 Å². The number of amidine groups is 1.